The van der Waals surface area contributed by atoms with Crippen LogP contribution in [0.1, 0.15) is 5.56 Å². The second-order valence-corrected chi connectivity index (χ2v) is 3.72. The van der Waals surface area contributed by atoms with Crippen LogP contribution in [0.15, 0.2) is 36.4 Å². The van der Waals surface area contributed by atoms with E-state index < -0.39 is 23.2 Å². The fraction of sp³-hybridized carbons (Fsp3) is 0.0769. The molecule has 5 heteroatoms. The van der Waals surface area contributed by atoms with Gasteiger partial charge in [-0.3, -0.25) is 0 Å². The van der Waals surface area contributed by atoms with Gasteiger partial charge in [-0.25, -0.2) is 13.2 Å². The van der Waals surface area contributed by atoms with Crippen molar-refractivity contribution in [2.75, 3.05) is 5.32 Å². The van der Waals surface area contributed by atoms with Crippen LogP contribution in [0.5, 0.6) is 5.75 Å². The average molecular weight is 253 g/mol. The smallest absolute Gasteiger partial charge is 0.166 e. The van der Waals surface area contributed by atoms with E-state index >= 15 is 0 Å². The van der Waals surface area contributed by atoms with Gasteiger partial charge in [0.15, 0.2) is 11.6 Å². The number of halogens is 3. The fourth-order valence-electron chi connectivity index (χ4n) is 1.51. The van der Waals surface area contributed by atoms with E-state index in [9.17, 15) is 13.2 Å². The number of phenolic OH excluding ortho intramolecular Hbond substituents is 1. The summed E-state index contributed by atoms with van der Waals surface area (Å²) in [5.41, 5.74) is 0.207. The highest BCUT2D eigenvalue weighted by Gasteiger charge is 2.08. The zero-order valence-electron chi connectivity index (χ0n) is 9.25. The Balaban J connectivity index is 2.14. The number of hydrogen-bond acceptors (Lipinski definition) is 2. The van der Waals surface area contributed by atoms with Gasteiger partial charge in [-0.15, -0.1) is 0 Å². The van der Waals surface area contributed by atoms with E-state index in [1.165, 1.54) is 12.1 Å². The average Bonchev–Trinajstić information content (AvgIpc) is 2.33. The minimum absolute atomic E-state index is 0.108. The summed E-state index contributed by atoms with van der Waals surface area (Å²) < 4.78 is 39.6. The van der Waals surface area contributed by atoms with Crippen molar-refractivity contribution < 1.29 is 18.3 Å². The molecular formula is C13H10F3NO. The third kappa shape index (κ3) is 2.56. The van der Waals surface area contributed by atoms with Gasteiger partial charge < -0.3 is 10.4 Å². The number of anilines is 1. The van der Waals surface area contributed by atoms with Crippen LogP contribution in [0, 0.1) is 17.5 Å². The maximum Gasteiger partial charge on any atom is 0.166 e. The van der Waals surface area contributed by atoms with Gasteiger partial charge in [0.05, 0.1) is 0 Å². The molecule has 0 bridgehead atoms. The molecule has 0 atom stereocenters. The molecule has 0 aliphatic rings. The zero-order chi connectivity index (χ0) is 13.1. The molecule has 18 heavy (non-hydrogen) atoms. The molecule has 0 amide bonds. The van der Waals surface area contributed by atoms with Crippen LogP contribution < -0.4 is 5.32 Å². The molecule has 2 N–H and O–H groups in total. The highest BCUT2D eigenvalue weighted by atomic mass is 19.1. The van der Waals surface area contributed by atoms with Gasteiger partial charge >= 0.3 is 0 Å². The third-order valence-corrected chi connectivity index (χ3v) is 2.48. The van der Waals surface area contributed by atoms with Crippen LogP contribution in [0.2, 0.25) is 0 Å². The lowest BCUT2D eigenvalue weighted by atomic mass is 10.2. The second-order valence-electron chi connectivity index (χ2n) is 3.72. The van der Waals surface area contributed by atoms with Crippen molar-refractivity contribution in [2.24, 2.45) is 0 Å². The standard InChI is InChI=1S/C13H10F3NO/c14-10-2-1-3-11(15)9(10)7-17-8-4-5-13(18)12(16)6-8/h1-6,17-18H,7H2. The van der Waals surface area contributed by atoms with Gasteiger partial charge in [0.1, 0.15) is 11.6 Å². The van der Waals surface area contributed by atoms with Crippen molar-refractivity contribution >= 4 is 5.69 Å². The number of nitrogens with one attached hydrogen (secondary N) is 1. The normalized spacial score (nSPS) is 10.4. The number of hydrogen-bond donors (Lipinski definition) is 2. The fourth-order valence-corrected chi connectivity index (χ4v) is 1.51. The van der Waals surface area contributed by atoms with Crippen molar-refractivity contribution in [3.8, 4) is 5.75 Å². The number of aromatic hydroxyl groups is 1. The van der Waals surface area contributed by atoms with Crippen molar-refractivity contribution in [1.82, 2.24) is 0 Å². The molecule has 0 saturated carbocycles. The van der Waals surface area contributed by atoms with Crippen molar-refractivity contribution in [3.63, 3.8) is 0 Å². The van der Waals surface area contributed by atoms with Gasteiger partial charge in [-0.05, 0) is 24.3 Å². The number of benzene rings is 2. The van der Waals surface area contributed by atoms with E-state index in [-0.39, 0.29) is 12.1 Å². The summed E-state index contributed by atoms with van der Waals surface area (Å²) in [6.07, 6.45) is 0. The Morgan fingerprint density at radius 3 is 2.22 bits per heavy atom. The minimum Gasteiger partial charge on any atom is -0.505 e. The highest BCUT2D eigenvalue weighted by Crippen LogP contribution is 2.20. The summed E-state index contributed by atoms with van der Waals surface area (Å²) in [5.74, 6) is -2.60. The third-order valence-electron chi connectivity index (χ3n) is 2.48. The van der Waals surface area contributed by atoms with Gasteiger partial charge in [0, 0.05) is 23.9 Å². The first-order valence-corrected chi connectivity index (χ1v) is 5.23. The molecule has 0 radical (unpaired) electrons. The van der Waals surface area contributed by atoms with Gasteiger partial charge in [0.25, 0.3) is 0 Å². The number of phenols is 1. The topological polar surface area (TPSA) is 32.3 Å². The summed E-state index contributed by atoms with van der Waals surface area (Å²) in [7, 11) is 0. The Kier molecular flexibility index (Phi) is 3.41. The molecule has 0 aromatic heterocycles. The summed E-state index contributed by atoms with van der Waals surface area (Å²) >= 11 is 0. The van der Waals surface area contributed by atoms with E-state index in [1.807, 2.05) is 0 Å². The second kappa shape index (κ2) is 5.00. The highest BCUT2D eigenvalue weighted by molar-refractivity contribution is 5.47. The van der Waals surface area contributed by atoms with Gasteiger partial charge in [-0.1, -0.05) is 6.07 Å². The number of rotatable bonds is 3. The van der Waals surface area contributed by atoms with Gasteiger partial charge in [0.2, 0.25) is 0 Å². The molecule has 0 spiro atoms. The molecule has 0 saturated heterocycles. The predicted octanol–water partition coefficient (Wildman–Crippen LogP) is 3.42. The van der Waals surface area contributed by atoms with E-state index in [1.54, 1.807) is 0 Å². The Morgan fingerprint density at radius 2 is 1.61 bits per heavy atom. The predicted molar refractivity (Wildman–Crippen MR) is 61.7 cm³/mol. The minimum atomic E-state index is -0.797. The maximum atomic E-state index is 13.3. The first kappa shape index (κ1) is 12.3. The Bertz CT molecular complexity index is 552. The van der Waals surface area contributed by atoms with Crippen LogP contribution >= 0.6 is 0 Å². The van der Waals surface area contributed by atoms with E-state index in [4.69, 9.17) is 5.11 Å². The van der Waals surface area contributed by atoms with Crippen LogP contribution in [-0.4, -0.2) is 5.11 Å². The SMILES string of the molecule is Oc1ccc(NCc2c(F)cccc2F)cc1F. The lowest BCUT2D eigenvalue weighted by Gasteiger charge is -2.08. The summed E-state index contributed by atoms with van der Waals surface area (Å²) in [6, 6.07) is 7.20. The monoisotopic (exact) mass is 253 g/mol. The lowest BCUT2D eigenvalue weighted by Crippen LogP contribution is -2.04. The van der Waals surface area contributed by atoms with Crippen molar-refractivity contribution in [3.05, 3.63) is 59.4 Å². The van der Waals surface area contributed by atoms with Gasteiger partial charge in [-0.2, -0.15) is 0 Å². The van der Waals surface area contributed by atoms with E-state index in [2.05, 4.69) is 5.32 Å². The van der Waals surface area contributed by atoms with Crippen molar-refractivity contribution in [1.29, 1.82) is 0 Å². The van der Waals surface area contributed by atoms with Crippen LogP contribution in [0.25, 0.3) is 0 Å². The van der Waals surface area contributed by atoms with Crippen LogP contribution in [-0.2, 0) is 6.54 Å². The van der Waals surface area contributed by atoms with Crippen LogP contribution in [0.3, 0.4) is 0 Å². The zero-order valence-corrected chi connectivity index (χ0v) is 9.25. The lowest BCUT2D eigenvalue weighted by molar-refractivity contribution is 0.432. The molecule has 0 aliphatic heterocycles. The molecule has 0 heterocycles. The molecule has 2 aromatic rings. The molecule has 2 aromatic carbocycles. The molecule has 0 fully saturated rings. The molecular weight excluding hydrogens is 243 g/mol. The Labute approximate surface area is 102 Å². The first-order valence-electron chi connectivity index (χ1n) is 5.23. The summed E-state index contributed by atoms with van der Waals surface area (Å²) in [4.78, 5) is 0. The van der Waals surface area contributed by atoms with Crippen LogP contribution in [0.4, 0.5) is 18.9 Å². The Morgan fingerprint density at radius 1 is 0.944 bits per heavy atom. The Hall–Kier alpha value is -2.17. The summed E-state index contributed by atoms with van der Waals surface area (Å²) in [6.45, 7) is -0.108. The molecule has 0 aliphatic carbocycles. The maximum absolute atomic E-state index is 13.3. The largest absolute Gasteiger partial charge is 0.505 e. The molecule has 2 nitrogen and oxygen atoms in total. The van der Waals surface area contributed by atoms with E-state index in [0.717, 1.165) is 24.3 Å². The molecule has 94 valence electrons. The summed E-state index contributed by atoms with van der Waals surface area (Å²) in [5, 5.41) is 11.7. The quantitative estimate of drug-likeness (QED) is 0.821. The molecule has 2 rings (SSSR count). The first-order chi connectivity index (χ1) is 8.58. The van der Waals surface area contributed by atoms with Crippen molar-refractivity contribution in [2.45, 2.75) is 6.54 Å². The molecule has 0 unspecified atom stereocenters. The van der Waals surface area contributed by atoms with E-state index in [0.29, 0.717) is 5.69 Å².